The van der Waals surface area contributed by atoms with Gasteiger partial charge in [-0.3, -0.25) is 0 Å². The number of nitrogens with one attached hydrogen (secondary N) is 1. The Bertz CT molecular complexity index is 920. The van der Waals surface area contributed by atoms with E-state index in [0.29, 0.717) is 23.7 Å². The highest BCUT2D eigenvalue weighted by molar-refractivity contribution is 5.80. The number of imidazole rings is 1. The maximum absolute atomic E-state index is 6.40. The molecule has 0 unspecified atom stereocenters. The minimum absolute atomic E-state index is 0.297. The zero-order valence-corrected chi connectivity index (χ0v) is 16.0. The van der Waals surface area contributed by atoms with Gasteiger partial charge in [0.2, 0.25) is 0 Å². The summed E-state index contributed by atoms with van der Waals surface area (Å²) in [5, 5.41) is 8.11. The van der Waals surface area contributed by atoms with E-state index >= 15 is 0 Å². The van der Waals surface area contributed by atoms with Gasteiger partial charge < -0.3 is 16.8 Å². The number of fused-ring (bicyclic) bond motifs is 1. The van der Waals surface area contributed by atoms with Crippen LogP contribution in [0.4, 0.5) is 17.2 Å². The smallest absolute Gasteiger partial charge is 0.177 e. The fourth-order valence-electron chi connectivity index (χ4n) is 4.02. The van der Waals surface area contributed by atoms with Gasteiger partial charge in [-0.25, -0.2) is 9.50 Å². The van der Waals surface area contributed by atoms with Crippen molar-refractivity contribution in [2.75, 3.05) is 11.1 Å². The first kappa shape index (κ1) is 17.8. The molecule has 0 saturated heterocycles. The first-order valence-electron chi connectivity index (χ1n) is 9.78. The molecule has 1 aliphatic carbocycles. The highest BCUT2D eigenvalue weighted by atomic mass is 15.3. The van der Waals surface area contributed by atoms with Gasteiger partial charge in [0.25, 0.3) is 0 Å². The number of anilines is 3. The number of benzene rings is 1. The van der Waals surface area contributed by atoms with E-state index in [1.807, 2.05) is 6.20 Å². The first-order valence-corrected chi connectivity index (χ1v) is 9.78. The van der Waals surface area contributed by atoms with Gasteiger partial charge in [-0.2, -0.15) is 0 Å². The van der Waals surface area contributed by atoms with Crippen molar-refractivity contribution >= 4 is 22.8 Å². The molecule has 6 heteroatoms. The van der Waals surface area contributed by atoms with Gasteiger partial charge in [0.15, 0.2) is 5.65 Å². The Morgan fingerprint density at radius 3 is 2.48 bits per heavy atom. The van der Waals surface area contributed by atoms with Crippen molar-refractivity contribution in [3.63, 3.8) is 0 Å². The molecule has 3 aromatic rings. The third-order valence-corrected chi connectivity index (χ3v) is 5.63. The fraction of sp³-hybridized carbons (Fsp3) is 0.429. The van der Waals surface area contributed by atoms with Crippen molar-refractivity contribution in [1.29, 1.82) is 0 Å². The maximum Gasteiger partial charge on any atom is 0.177 e. The molecule has 2 heterocycles. The van der Waals surface area contributed by atoms with E-state index in [0.717, 1.165) is 48.3 Å². The number of nitrogens with two attached hydrogens (primary N) is 2. The van der Waals surface area contributed by atoms with Crippen molar-refractivity contribution in [2.24, 2.45) is 5.73 Å². The Morgan fingerprint density at radius 2 is 1.81 bits per heavy atom. The minimum atomic E-state index is 0.297. The lowest BCUT2D eigenvalue weighted by atomic mass is 9.81. The number of hydrogen-bond acceptors (Lipinski definition) is 5. The molecule has 142 valence electrons. The molecular formula is C21H28N6. The van der Waals surface area contributed by atoms with Crippen molar-refractivity contribution in [2.45, 2.75) is 57.4 Å². The summed E-state index contributed by atoms with van der Waals surface area (Å²) in [6, 6.07) is 8.86. The summed E-state index contributed by atoms with van der Waals surface area (Å²) >= 11 is 0. The summed E-state index contributed by atoms with van der Waals surface area (Å²) in [7, 11) is 0. The highest BCUT2D eigenvalue weighted by Crippen LogP contribution is 2.41. The van der Waals surface area contributed by atoms with Crippen molar-refractivity contribution in [1.82, 2.24) is 14.6 Å². The minimum Gasteiger partial charge on any atom is -0.382 e. The van der Waals surface area contributed by atoms with Gasteiger partial charge in [-0.05, 0) is 55.2 Å². The van der Waals surface area contributed by atoms with E-state index in [-0.39, 0.29) is 0 Å². The lowest BCUT2D eigenvalue weighted by Crippen LogP contribution is -2.26. The second-order valence-electron chi connectivity index (χ2n) is 7.88. The molecule has 5 N–H and O–H groups in total. The molecule has 4 rings (SSSR count). The summed E-state index contributed by atoms with van der Waals surface area (Å²) < 4.78 is 1.75. The Morgan fingerprint density at radius 1 is 1.11 bits per heavy atom. The average Bonchev–Trinajstić information content (AvgIpc) is 3.11. The third-order valence-electron chi connectivity index (χ3n) is 5.63. The van der Waals surface area contributed by atoms with Crippen LogP contribution in [0.3, 0.4) is 0 Å². The third kappa shape index (κ3) is 3.49. The number of aromatic nitrogens is 3. The standard InChI is InChI=1S/C21H28N6/c1-13(2)14-5-9-17(10-6-14)25-19-18(15-3-7-16(22)8-4-15)20(23)26-27-12-11-24-21(19)27/h5-6,9-13,15-16,25H,3-4,7-8,22H2,1-2H3,(H2,23,26). The van der Waals surface area contributed by atoms with Gasteiger partial charge in [0.1, 0.15) is 5.82 Å². The zero-order chi connectivity index (χ0) is 19.0. The molecule has 6 nitrogen and oxygen atoms in total. The SMILES string of the molecule is CC(C)c1ccc(Nc2c(C3CCC(N)CC3)c(N)nn3ccnc23)cc1. The van der Waals surface area contributed by atoms with Crippen LogP contribution in [0, 0.1) is 0 Å². The summed E-state index contributed by atoms with van der Waals surface area (Å²) in [6.45, 7) is 4.40. The first-order chi connectivity index (χ1) is 13.0. The summed E-state index contributed by atoms with van der Waals surface area (Å²) in [4.78, 5) is 4.53. The Kier molecular flexibility index (Phi) is 4.74. The van der Waals surface area contributed by atoms with Gasteiger partial charge in [-0.15, -0.1) is 5.10 Å². The number of nitrogens with zero attached hydrogens (tertiary/aromatic N) is 3. The number of nitrogen functional groups attached to an aromatic ring is 1. The fourth-order valence-corrected chi connectivity index (χ4v) is 4.02. The predicted octanol–water partition coefficient (Wildman–Crippen LogP) is 4.16. The van der Waals surface area contributed by atoms with Crippen LogP contribution in [0.1, 0.15) is 62.5 Å². The topological polar surface area (TPSA) is 94.3 Å². The van der Waals surface area contributed by atoms with E-state index in [1.165, 1.54) is 5.56 Å². The van der Waals surface area contributed by atoms with Crippen LogP contribution in [0.2, 0.25) is 0 Å². The van der Waals surface area contributed by atoms with Crippen LogP contribution in [0.25, 0.3) is 5.65 Å². The summed E-state index contributed by atoms with van der Waals surface area (Å²) in [6.07, 6.45) is 7.70. The second-order valence-corrected chi connectivity index (χ2v) is 7.88. The average molecular weight is 364 g/mol. The molecule has 1 saturated carbocycles. The van der Waals surface area contributed by atoms with Gasteiger partial charge >= 0.3 is 0 Å². The van der Waals surface area contributed by atoms with Crippen LogP contribution in [0.15, 0.2) is 36.7 Å². The van der Waals surface area contributed by atoms with E-state index in [2.05, 4.69) is 53.5 Å². The Balaban J connectivity index is 1.75. The normalized spacial score (nSPS) is 20.3. The van der Waals surface area contributed by atoms with Crippen LogP contribution < -0.4 is 16.8 Å². The van der Waals surface area contributed by atoms with Crippen molar-refractivity contribution in [3.8, 4) is 0 Å². The van der Waals surface area contributed by atoms with E-state index in [1.54, 1.807) is 10.7 Å². The van der Waals surface area contributed by atoms with Crippen LogP contribution in [-0.4, -0.2) is 20.6 Å². The van der Waals surface area contributed by atoms with Gasteiger partial charge in [0.05, 0.1) is 5.69 Å². The maximum atomic E-state index is 6.40. The predicted molar refractivity (Wildman–Crippen MR) is 110 cm³/mol. The van der Waals surface area contributed by atoms with E-state index in [4.69, 9.17) is 11.5 Å². The molecule has 1 fully saturated rings. The van der Waals surface area contributed by atoms with Crippen LogP contribution in [0.5, 0.6) is 0 Å². The summed E-state index contributed by atoms with van der Waals surface area (Å²) in [5.41, 5.74) is 17.7. The lowest BCUT2D eigenvalue weighted by Gasteiger charge is -2.28. The molecule has 0 amide bonds. The van der Waals surface area contributed by atoms with Gasteiger partial charge in [0, 0.05) is 29.7 Å². The second kappa shape index (κ2) is 7.19. The Hall–Kier alpha value is -2.60. The van der Waals surface area contributed by atoms with Crippen LogP contribution in [-0.2, 0) is 0 Å². The molecular weight excluding hydrogens is 336 g/mol. The molecule has 0 atom stereocenters. The van der Waals surface area contributed by atoms with Crippen molar-refractivity contribution < 1.29 is 0 Å². The lowest BCUT2D eigenvalue weighted by molar-refractivity contribution is 0.396. The molecule has 0 spiro atoms. The molecule has 0 aliphatic heterocycles. The molecule has 2 aromatic heterocycles. The Labute approximate surface area is 160 Å². The van der Waals surface area contributed by atoms with Crippen molar-refractivity contribution in [3.05, 3.63) is 47.8 Å². The highest BCUT2D eigenvalue weighted by Gasteiger charge is 2.27. The van der Waals surface area contributed by atoms with Gasteiger partial charge in [-0.1, -0.05) is 26.0 Å². The number of hydrogen-bond donors (Lipinski definition) is 3. The molecule has 1 aromatic carbocycles. The zero-order valence-electron chi connectivity index (χ0n) is 16.0. The molecule has 0 bridgehead atoms. The quantitative estimate of drug-likeness (QED) is 0.646. The summed E-state index contributed by atoms with van der Waals surface area (Å²) in [5.74, 6) is 1.44. The van der Waals surface area contributed by atoms with Crippen LogP contribution >= 0.6 is 0 Å². The number of rotatable bonds is 4. The molecule has 0 radical (unpaired) electrons. The molecule has 1 aliphatic rings. The monoisotopic (exact) mass is 364 g/mol. The largest absolute Gasteiger partial charge is 0.382 e. The van der Waals surface area contributed by atoms with E-state index < -0.39 is 0 Å². The molecule has 27 heavy (non-hydrogen) atoms. The van der Waals surface area contributed by atoms with E-state index in [9.17, 15) is 0 Å².